The van der Waals surface area contributed by atoms with Crippen molar-refractivity contribution in [1.82, 2.24) is 10.2 Å². The maximum Gasteiger partial charge on any atom is 0.258 e. The van der Waals surface area contributed by atoms with E-state index in [1.165, 1.54) is 0 Å². The Balaban J connectivity index is 1.68. The Morgan fingerprint density at radius 2 is 1.79 bits per heavy atom. The Morgan fingerprint density at radius 3 is 2.45 bits per heavy atom. The first-order chi connectivity index (χ1) is 15.6. The smallest absolute Gasteiger partial charge is 0.258 e. The van der Waals surface area contributed by atoms with E-state index in [2.05, 4.69) is 31.5 Å². The van der Waals surface area contributed by atoms with Gasteiger partial charge >= 0.3 is 0 Å². The van der Waals surface area contributed by atoms with Crippen LogP contribution in [0.2, 0.25) is 10.0 Å². The van der Waals surface area contributed by atoms with E-state index in [9.17, 15) is 9.59 Å². The molecule has 10 heteroatoms. The van der Waals surface area contributed by atoms with Gasteiger partial charge in [-0.15, -0.1) is 0 Å². The number of nitrogens with one attached hydrogen (secondary N) is 2. The Kier molecular flexibility index (Phi) is 8.98. The van der Waals surface area contributed by atoms with Gasteiger partial charge in [0.05, 0.1) is 22.0 Å². The molecule has 0 bridgehead atoms. The third-order valence-corrected chi connectivity index (χ3v) is 6.42. The van der Waals surface area contributed by atoms with Gasteiger partial charge in [-0.25, -0.2) is 0 Å². The molecule has 1 fully saturated rings. The van der Waals surface area contributed by atoms with Crippen molar-refractivity contribution in [3.8, 4) is 0 Å². The minimum absolute atomic E-state index is 0.130. The van der Waals surface area contributed by atoms with E-state index < -0.39 is 5.91 Å². The monoisotopic (exact) mass is 570 g/mol. The average Bonchev–Trinajstić information content (AvgIpc) is 2.75. The average molecular weight is 572 g/mol. The quantitative estimate of drug-likeness (QED) is 0.459. The molecule has 1 saturated heterocycles. The molecule has 1 heterocycles. The maximum absolute atomic E-state index is 12.6. The predicted molar refractivity (Wildman–Crippen MR) is 143 cm³/mol. The van der Waals surface area contributed by atoms with Crippen molar-refractivity contribution in [1.29, 1.82) is 0 Å². The highest BCUT2D eigenvalue weighted by atomic mass is 79.9. The molecule has 33 heavy (non-hydrogen) atoms. The van der Waals surface area contributed by atoms with Crippen molar-refractivity contribution >= 4 is 79.7 Å². The summed E-state index contributed by atoms with van der Waals surface area (Å²) in [6.45, 7) is 6.77. The summed E-state index contributed by atoms with van der Waals surface area (Å²) in [7, 11) is 0. The normalized spacial score (nSPS) is 13.8. The van der Waals surface area contributed by atoms with Crippen LogP contribution in [0, 0.1) is 5.92 Å². The minimum Gasteiger partial charge on any atom is -0.366 e. The fourth-order valence-corrected chi connectivity index (χ4v) is 4.49. The third-order valence-electron chi connectivity index (χ3n) is 5.16. The summed E-state index contributed by atoms with van der Waals surface area (Å²) in [5.74, 6) is 0.111. The van der Waals surface area contributed by atoms with E-state index in [1.54, 1.807) is 30.3 Å². The second-order valence-electron chi connectivity index (χ2n) is 8.16. The Labute approximate surface area is 217 Å². The molecule has 0 spiro atoms. The molecule has 0 aromatic heterocycles. The molecule has 1 aliphatic heterocycles. The zero-order valence-electron chi connectivity index (χ0n) is 18.3. The lowest BCUT2D eigenvalue weighted by Crippen LogP contribution is -2.49. The summed E-state index contributed by atoms with van der Waals surface area (Å²) in [6.07, 6.45) is 0.559. The van der Waals surface area contributed by atoms with Crippen LogP contribution in [-0.4, -0.2) is 48.0 Å². The number of halogens is 3. The number of hydrogen-bond donors (Lipinski definition) is 2. The third kappa shape index (κ3) is 7.06. The molecule has 2 amide bonds. The van der Waals surface area contributed by atoms with Crippen molar-refractivity contribution in [3.05, 3.63) is 56.5 Å². The largest absolute Gasteiger partial charge is 0.366 e. The lowest BCUT2D eigenvalue weighted by Gasteiger charge is -2.37. The van der Waals surface area contributed by atoms with Crippen molar-refractivity contribution < 1.29 is 9.59 Å². The maximum atomic E-state index is 12.6. The van der Waals surface area contributed by atoms with Gasteiger partial charge in [0.15, 0.2) is 5.11 Å². The van der Waals surface area contributed by atoms with E-state index in [4.69, 9.17) is 35.4 Å². The van der Waals surface area contributed by atoms with Crippen LogP contribution in [0.25, 0.3) is 0 Å². The lowest BCUT2D eigenvalue weighted by molar-refractivity contribution is -0.132. The van der Waals surface area contributed by atoms with Crippen LogP contribution in [-0.2, 0) is 4.79 Å². The summed E-state index contributed by atoms with van der Waals surface area (Å²) in [4.78, 5) is 29.1. The number of rotatable bonds is 5. The van der Waals surface area contributed by atoms with E-state index in [0.29, 0.717) is 59.8 Å². The van der Waals surface area contributed by atoms with E-state index in [1.807, 2.05) is 24.8 Å². The second-order valence-corrected chi connectivity index (χ2v) is 10.3. The number of carbonyl (C=O) groups excluding carboxylic acids is 2. The first kappa shape index (κ1) is 25.7. The number of nitrogens with zero attached hydrogens (tertiary/aromatic N) is 2. The van der Waals surface area contributed by atoms with Crippen molar-refractivity contribution in [3.63, 3.8) is 0 Å². The molecule has 0 aliphatic carbocycles. The Hall–Kier alpha value is -1.87. The summed E-state index contributed by atoms with van der Waals surface area (Å²) in [6, 6.07) is 10.5. The molecule has 0 atom stereocenters. The van der Waals surface area contributed by atoms with Crippen LogP contribution in [0.3, 0.4) is 0 Å². The summed E-state index contributed by atoms with van der Waals surface area (Å²) in [5, 5.41) is 6.74. The molecule has 0 radical (unpaired) electrons. The zero-order valence-corrected chi connectivity index (χ0v) is 22.2. The summed E-state index contributed by atoms with van der Waals surface area (Å²) in [5.41, 5.74) is 1.88. The fourth-order valence-electron chi connectivity index (χ4n) is 3.55. The SMILES string of the molecule is CC(C)CC(=O)N1CCN(c2ccc(Cl)cc2NC(=S)NC(=O)c2cc(Br)ccc2Cl)CC1. The van der Waals surface area contributed by atoms with Gasteiger partial charge in [-0.3, -0.25) is 14.9 Å². The van der Waals surface area contributed by atoms with Gasteiger partial charge in [0.2, 0.25) is 5.91 Å². The number of carbonyl (C=O) groups is 2. The summed E-state index contributed by atoms with van der Waals surface area (Å²) >= 11 is 21.1. The van der Waals surface area contributed by atoms with E-state index in [-0.39, 0.29) is 11.0 Å². The van der Waals surface area contributed by atoms with Crippen molar-refractivity contribution in [2.45, 2.75) is 20.3 Å². The molecule has 176 valence electrons. The first-order valence-corrected chi connectivity index (χ1v) is 12.5. The molecule has 2 N–H and O–H groups in total. The number of amides is 2. The van der Waals surface area contributed by atoms with Crippen LogP contribution in [0.15, 0.2) is 40.9 Å². The molecule has 6 nitrogen and oxygen atoms in total. The highest BCUT2D eigenvalue weighted by Crippen LogP contribution is 2.30. The minimum atomic E-state index is -0.417. The number of thiocarbonyl (C=S) groups is 1. The standard InChI is InChI=1S/C23H25BrCl2N4O2S/c1-14(2)11-21(31)30-9-7-29(8-10-30)20-6-4-16(25)13-19(20)27-23(33)28-22(32)17-12-15(24)3-5-18(17)26/h3-6,12-14H,7-11H2,1-2H3,(H2,27,28,32,33). The van der Waals surface area contributed by atoms with Gasteiger partial charge in [-0.05, 0) is 54.5 Å². The lowest BCUT2D eigenvalue weighted by atomic mass is 10.1. The van der Waals surface area contributed by atoms with Crippen molar-refractivity contribution in [2.75, 3.05) is 36.4 Å². The molecule has 3 rings (SSSR count). The fraction of sp³-hybridized carbons (Fsp3) is 0.348. The van der Waals surface area contributed by atoms with Gasteiger partial charge in [-0.2, -0.15) is 0 Å². The second kappa shape index (κ2) is 11.5. The topological polar surface area (TPSA) is 64.7 Å². The number of anilines is 2. The number of benzene rings is 2. The summed E-state index contributed by atoms with van der Waals surface area (Å²) < 4.78 is 0.735. The van der Waals surface area contributed by atoms with Gasteiger partial charge in [0, 0.05) is 42.1 Å². The first-order valence-electron chi connectivity index (χ1n) is 10.5. The van der Waals surface area contributed by atoms with Gasteiger partial charge in [0.1, 0.15) is 0 Å². The van der Waals surface area contributed by atoms with Gasteiger partial charge < -0.3 is 15.1 Å². The van der Waals surface area contributed by atoms with Crippen LogP contribution in [0.1, 0.15) is 30.6 Å². The van der Waals surface area contributed by atoms with Crippen LogP contribution >= 0.6 is 51.3 Å². The van der Waals surface area contributed by atoms with Crippen LogP contribution < -0.4 is 15.5 Å². The molecular weight excluding hydrogens is 547 g/mol. The van der Waals surface area contributed by atoms with Gasteiger partial charge in [-0.1, -0.05) is 53.0 Å². The molecule has 1 aliphatic rings. The molecule has 0 saturated carbocycles. The van der Waals surface area contributed by atoms with Crippen LogP contribution in [0.4, 0.5) is 11.4 Å². The zero-order chi connectivity index (χ0) is 24.1. The molecule has 0 unspecified atom stereocenters. The van der Waals surface area contributed by atoms with Gasteiger partial charge in [0.25, 0.3) is 5.91 Å². The van der Waals surface area contributed by atoms with E-state index in [0.717, 1.165) is 10.2 Å². The highest BCUT2D eigenvalue weighted by molar-refractivity contribution is 9.10. The number of hydrogen-bond acceptors (Lipinski definition) is 4. The molecule has 2 aromatic carbocycles. The molecular formula is C23H25BrCl2N4O2S. The highest BCUT2D eigenvalue weighted by Gasteiger charge is 2.23. The van der Waals surface area contributed by atoms with E-state index >= 15 is 0 Å². The Morgan fingerprint density at radius 1 is 1.09 bits per heavy atom. The van der Waals surface area contributed by atoms with Crippen LogP contribution in [0.5, 0.6) is 0 Å². The molecule has 2 aromatic rings. The van der Waals surface area contributed by atoms with Crippen molar-refractivity contribution in [2.24, 2.45) is 5.92 Å². The Bertz CT molecular complexity index is 1060. The predicted octanol–water partition coefficient (Wildman–Crippen LogP) is 5.58. The number of piperazine rings is 1.